The fraction of sp³-hybridized carbons (Fsp3) is 0.476. The molecule has 3 unspecified atom stereocenters. The van der Waals surface area contributed by atoms with Gasteiger partial charge in [0.05, 0.1) is 23.9 Å². The second-order valence-electron chi connectivity index (χ2n) is 8.25. The Bertz CT molecular complexity index is 1020. The topological polar surface area (TPSA) is 90.4 Å². The standard InChI is InChI=1S/C21H26N6O2S/c1-26-11-13-5-7-16(26)19(29-3)18(13)27(2)21-25-24-20(30-21)15-6-4-12(8-17(15)28)14-9-22-23-10-14/h4,6,8-10,13,16,18-19,28H,5,7,11H2,1-3H3,(H,22,23)/t13?,16?,18-,19?/m0/s1. The number of hydrogen-bond acceptors (Lipinski definition) is 8. The molecule has 3 fully saturated rings. The van der Waals surface area contributed by atoms with E-state index in [0.717, 1.165) is 22.8 Å². The average Bonchev–Trinajstić information content (AvgIpc) is 3.45. The van der Waals surface area contributed by atoms with Crippen LogP contribution in [0.3, 0.4) is 0 Å². The largest absolute Gasteiger partial charge is 0.507 e. The number of nitrogens with zero attached hydrogens (tertiary/aromatic N) is 5. The van der Waals surface area contributed by atoms with Crippen molar-refractivity contribution in [2.75, 3.05) is 32.6 Å². The Kier molecular flexibility index (Phi) is 4.96. The minimum atomic E-state index is 0.155. The van der Waals surface area contributed by atoms with Gasteiger partial charge in [-0.25, -0.2) is 0 Å². The Morgan fingerprint density at radius 3 is 2.83 bits per heavy atom. The summed E-state index contributed by atoms with van der Waals surface area (Å²) in [6, 6.07) is 6.31. The first-order chi connectivity index (χ1) is 14.6. The van der Waals surface area contributed by atoms with Crippen molar-refractivity contribution < 1.29 is 9.84 Å². The number of hydrogen-bond donors (Lipinski definition) is 2. The van der Waals surface area contributed by atoms with E-state index in [0.29, 0.717) is 22.5 Å². The molecule has 4 atom stereocenters. The Morgan fingerprint density at radius 2 is 2.13 bits per heavy atom. The van der Waals surface area contributed by atoms with Crippen molar-refractivity contribution >= 4 is 16.5 Å². The van der Waals surface area contributed by atoms with Crippen LogP contribution in [-0.4, -0.2) is 76.3 Å². The molecular weight excluding hydrogens is 400 g/mol. The first-order valence-electron chi connectivity index (χ1n) is 10.2. The fourth-order valence-electron chi connectivity index (χ4n) is 5.12. The molecule has 0 spiro atoms. The summed E-state index contributed by atoms with van der Waals surface area (Å²) in [5.41, 5.74) is 2.52. The van der Waals surface area contributed by atoms with Crippen molar-refractivity contribution in [3.8, 4) is 27.4 Å². The number of fused-ring (bicyclic) bond motifs is 3. The zero-order valence-electron chi connectivity index (χ0n) is 17.3. The summed E-state index contributed by atoms with van der Waals surface area (Å²) >= 11 is 1.50. The number of benzene rings is 1. The molecule has 158 valence electrons. The lowest BCUT2D eigenvalue weighted by molar-refractivity contribution is -0.0794. The van der Waals surface area contributed by atoms with Gasteiger partial charge in [-0.3, -0.25) is 5.10 Å². The molecule has 6 rings (SSSR count). The van der Waals surface area contributed by atoms with Crippen LogP contribution in [-0.2, 0) is 4.74 Å². The summed E-state index contributed by atoms with van der Waals surface area (Å²) in [6.07, 6.45) is 6.08. The number of likely N-dealkylation sites (N-methyl/N-ethyl adjacent to an activating group) is 2. The van der Waals surface area contributed by atoms with Gasteiger partial charge < -0.3 is 19.6 Å². The number of aromatic amines is 1. The molecule has 2 aromatic heterocycles. The molecule has 30 heavy (non-hydrogen) atoms. The van der Waals surface area contributed by atoms with E-state index in [1.165, 1.54) is 24.2 Å². The quantitative estimate of drug-likeness (QED) is 0.648. The Labute approximate surface area is 179 Å². The van der Waals surface area contributed by atoms with E-state index in [-0.39, 0.29) is 17.9 Å². The van der Waals surface area contributed by atoms with Gasteiger partial charge in [-0.1, -0.05) is 17.4 Å². The molecule has 8 nitrogen and oxygen atoms in total. The Morgan fingerprint density at radius 1 is 1.27 bits per heavy atom. The van der Waals surface area contributed by atoms with Gasteiger partial charge in [0.2, 0.25) is 5.13 Å². The number of piperidine rings is 2. The maximum Gasteiger partial charge on any atom is 0.208 e. The van der Waals surface area contributed by atoms with Crippen LogP contribution in [0.1, 0.15) is 12.8 Å². The lowest BCUT2D eigenvalue weighted by Crippen LogP contribution is -2.66. The van der Waals surface area contributed by atoms with E-state index in [4.69, 9.17) is 4.74 Å². The molecule has 1 aromatic carbocycles. The highest BCUT2D eigenvalue weighted by atomic mass is 32.1. The highest BCUT2D eigenvalue weighted by Crippen LogP contribution is 2.42. The van der Waals surface area contributed by atoms with Crippen molar-refractivity contribution in [3.05, 3.63) is 30.6 Å². The number of aromatic hydroxyl groups is 1. The second kappa shape index (κ2) is 7.64. The molecule has 1 saturated carbocycles. The normalized spacial score (nSPS) is 26.2. The van der Waals surface area contributed by atoms with Gasteiger partial charge in [-0.05, 0) is 43.5 Å². The smallest absolute Gasteiger partial charge is 0.208 e. The number of H-pyrrole nitrogens is 1. The number of phenolic OH excluding ortho intramolecular Hbond substituents is 1. The highest BCUT2D eigenvalue weighted by Gasteiger charge is 2.49. The van der Waals surface area contributed by atoms with Crippen molar-refractivity contribution in [2.45, 2.75) is 31.0 Å². The maximum atomic E-state index is 10.6. The molecular formula is C21H26N6O2S. The Balaban J connectivity index is 1.40. The SMILES string of the molecule is COC1C2CCC(CN2C)[C@@H]1N(C)c1nnc(-c2ccc(-c3cn[nH]c3)cc2O)s1. The van der Waals surface area contributed by atoms with E-state index in [2.05, 4.69) is 44.3 Å². The van der Waals surface area contributed by atoms with Crippen molar-refractivity contribution in [1.82, 2.24) is 25.3 Å². The van der Waals surface area contributed by atoms with Crippen LogP contribution in [0.5, 0.6) is 5.75 Å². The second-order valence-corrected chi connectivity index (χ2v) is 9.21. The maximum absolute atomic E-state index is 10.6. The molecule has 9 heteroatoms. The molecule has 2 saturated heterocycles. The molecule has 3 aliphatic rings. The Hall–Kier alpha value is -2.49. The fourth-order valence-corrected chi connectivity index (χ4v) is 6.00. The number of aromatic nitrogens is 4. The number of rotatable bonds is 5. The van der Waals surface area contributed by atoms with Gasteiger partial charge in [-0.15, -0.1) is 10.2 Å². The van der Waals surface area contributed by atoms with Gasteiger partial charge in [0.1, 0.15) is 5.75 Å². The summed E-state index contributed by atoms with van der Waals surface area (Å²) in [5.74, 6) is 0.733. The molecule has 0 radical (unpaired) electrons. The van der Waals surface area contributed by atoms with E-state index in [1.54, 1.807) is 18.5 Å². The van der Waals surface area contributed by atoms with Crippen LogP contribution in [0.25, 0.3) is 21.7 Å². The summed E-state index contributed by atoms with van der Waals surface area (Å²) in [4.78, 5) is 4.66. The van der Waals surface area contributed by atoms with Gasteiger partial charge >= 0.3 is 0 Å². The summed E-state index contributed by atoms with van der Waals surface area (Å²) in [5, 5.41) is 27.8. The predicted molar refractivity (Wildman–Crippen MR) is 117 cm³/mol. The number of phenols is 1. The highest BCUT2D eigenvalue weighted by molar-refractivity contribution is 7.18. The lowest BCUT2D eigenvalue weighted by Gasteiger charge is -2.54. The molecule has 0 amide bonds. The minimum Gasteiger partial charge on any atom is -0.507 e. The van der Waals surface area contributed by atoms with Crippen LogP contribution in [0.2, 0.25) is 0 Å². The van der Waals surface area contributed by atoms with Crippen LogP contribution >= 0.6 is 11.3 Å². The number of nitrogens with one attached hydrogen (secondary N) is 1. The average molecular weight is 427 g/mol. The molecule has 2 bridgehead atoms. The molecule has 2 N–H and O–H groups in total. The third-order valence-corrected chi connectivity index (χ3v) is 7.66. The zero-order chi connectivity index (χ0) is 20.8. The monoisotopic (exact) mass is 426 g/mol. The van der Waals surface area contributed by atoms with Crippen LogP contribution in [0, 0.1) is 5.92 Å². The molecule has 2 aliphatic heterocycles. The van der Waals surface area contributed by atoms with Gasteiger partial charge in [-0.2, -0.15) is 5.10 Å². The predicted octanol–water partition coefficient (Wildman–Crippen LogP) is 2.84. The summed E-state index contributed by atoms with van der Waals surface area (Å²) in [7, 11) is 6.09. The first kappa shape index (κ1) is 19.5. The zero-order valence-corrected chi connectivity index (χ0v) is 18.1. The van der Waals surface area contributed by atoms with Crippen molar-refractivity contribution in [3.63, 3.8) is 0 Å². The van der Waals surface area contributed by atoms with E-state index in [1.807, 2.05) is 19.2 Å². The van der Waals surface area contributed by atoms with Crippen LogP contribution in [0.4, 0.5) is 5.13 Å². The number of methoxy groups -OCH3 is 1. The van der Waals surface area contributed by atoms with Crippen LogP contribution in [0.15, 0.2) is 30.6 Å². The summed E-state index contributed by atoms with van der Waals surface area (Å²) < 4.78 is 5.94. The van der Waals surface area contributed by atoms with Crippen molar-refractivity contribution in [1.29, 1.82) is 0 Å². The number of ether oxygens (including phenoxy) is 1. The van der Waals surface area contributed by atoms with Gasteiger partial charge in [0.15, 0.2) is 5.01 Å². The van der Waals surface area contributed by atoms with Gasteiger partial charge in [0.25, 0.3) is 0 Å². The molecule has 4 heterocycles. The first-order valence-corrected chi connectivity index (χ1v) is 11.0. The summed E-state index contributed by atoms with van der Waals surface area (Å²) in [6.45, 7) is 1.08. The molecule has 3 aromatic rings. The van der Waals surface area contributed by atoms with E-state index >= 15 is 0 Å². The minimum absolute atomic E-state index is 0.155. The van der Waals surface area contributed by atoms with Crippen molar-refractivity contribution in [2.24, 2.45) is 5.92 Å². The van der Waals surface area contributed by atoms with Crippen LogP contribution < -0.4 is 4.90 Å². The third kappa shape index (κ3) is 3.17. The number of anilines is 1. The van der Waals surface area contributed by atoms with Gasteiger partial charge in [0, 0.05) is 38.5 Å². The van der Waals surface area contributed by atoms with E-state index < -0.39 is 0 Å². The molecule has 1 aliphatic carbocycles. The third-order valence-electron chi connectivity index (χ3n) is 6.62. The van der Waals surface area contributed by atoms with E-state index in [9.17, 15) is 5.11 Å². The lowest BCUT2D eigenvalue weighted by atomic mass is 9.73.